The maximum absolute atomic E-state index is 12.3. The average molecular weight is 392 g/mol. The molecular formula is C17H14ClN3O2S2. The number of methoxy groups -OCH3 is 1. The van der Waals surface area contributed by atoms with Crippen LogP contribution in [-0.4, -0.2) is 23.2 Å². The molecule has 128 valence electrons. The summed E-state index contributed by atoms with van der Waals surface area (Å²) < 4.78 is 5.12. The Bertz CT molecular complexity index is 868. The van der Waals surface area contributed by atoms with E-state index >= 15 is 0 Å². The lowest BCUT2D eigenvalue weighted by atomic mass is 10.2. The van der Waals surface area contributed by atoms with E-state index in [2.05, 4.69) is 15.5 Å². The van der Waals surface area contributed by atoms with Gasteiger partial charge < -0.3 is 4.74 Å². The Kier molecular flexibility index (Phi) is 5.91. The molecule has 0 unspecified atom stereocenters. The molecule has 1 heterocycles. The number of ether oxygens (including phenoxy) is 1. The van der Waals surface area contributed by atoms with E-state index in [9.17, 15) is 4.79 Å². The van der Waals surface area contributed by atoms with Gasteiger partial charge in [-0.05, 0) is 42.5 Å². The molecule has 0 fully saturated rings. The number of amides is 1. The number of benzene rings is 2. The molecule has 0 atom stereocenters. The standard InChI is InChI=1S/C17H14ClN3O2S2/c1-23-13-4-2-3-11(9-13)16(22)19-17-21-20-15(25-17)10-24-14-7-5-12(18)6-8-14/h2-9H,10H2,1H3,(H,19,21,22). The SMILES string of the molecule is COc1cccc(C(=O)Nc2nnc(CSc3ccc(Cl)cc3)s2)c1. The zero-order valence-corrected chi connectivity index (χ0v) is 15.6. The van der Waals surface area contributed by atoms with Crippen LogP contribution in [-0.2, 0) is 5.75 Å². The highest BCUT2D eigenvalue weighted by atomic mass is 35.5. The predicted molar refractivity (Wildman–Crippen MR) is 102 cm³/mol. The summed E-state index contributed by atoms with van der Waals surface area (Å²) in [5, 5.41) is 12.9. The number of thioether (sulfide) groups is 1. The van der Waals surface area contributed by atoms with Crippen molar-refractivity contribution in [2.75, 3.05) is 12.4 Å². The van der Waals surface area contributed by atoms with Crippen molar-refractivity contribution in [1.82, 2.24) is 10.2 Å². The molecule has 0 saturated heterocycles. The second kappa shape index (κ2) is 8.33. The van der Waals surface area contributed by atoms with Crippen molar-refractivity contribution in [3.05, 3.63) is 64.1 Å². The minimum absolute atomic E-state index is 0.244. The third kappa shape index (κ3) is 4.94. The number of hydrogen-bond acceptors (Lipinski definition) is 6. The number of carbonyl (C=O) groups excluding carboxylic acids is 1. The zero-order chi connectivity index (χ0) is 17.6. The Morgan fingerprint density at radius 3 is 2.80 bits per heavy atom. The average Bonchev–Trinajstić information content (AvgIpc) is 3.08. The summed E-state index contributed by atoms with van der Waals surface area (Å²) in [5.41, 5.74) is 0.506. The van der Waals surface area contributed by atoms with E-state index in [0.29, 0.717) is 27.2 Å². The van der Waals surface area contributed by atoms with E-state index in [4.69, 9.17) is 16.3 Å². The van der Waals surface area contributed by atoms with Crippen LogP contribution >= 0.6 is 34.7 Å². The molecule has 0 aliphatic carbocycles. The molecule has 1 N–H and O–H groups in total. The van der Waals surface area contributed by atoms with Gasteiger partial charge in [-0.2, -0.15) is 0 Å². The highest BCUT2D eigenvalue weighted by Gasteiger charge is 2.11. The molecule has 5 nitrogen and oxygen atoms in total. The highest BCUT2D eigenvalue weighted by molar-refractivity contribution is 7.98. The van der Waals surface area contributed by atoms with Crippen LogP contribution in [0.5, 0.6) is 5.75 Å². The number of halogens is 1. The normalized spacial score (nSPS) is 10.5. The molecule has 3 rings (SSSR count). The van der Waals surface area contributed by atoms with Crippen LogP contribution in [0.2, 0.25) is 5.02 Å². The summed E-state index contributed by atoms with van der Waals surface area (Å²) in [6.07, 6.45) is 0. The number of aromatic nitrogens is 2. The van der Waals surface area contributed by atoms with Gasteiger partial charge in [-0.25, -0.2) is 0 Å². The fraction of sp³-hybridized carbons (Fsp3) is 0.118. The summed E-state index contributed by atoms with van der Waals surface area (Å²) in [5.74, 6) is 1.06. The summed E-state index contributed by atoms with van der Waals surface area (Å²) in [6, 6.07) is 14.6. The summed E-state index contributed by atoms with van der Waals surface area (Å²) >= 11 is 8.86. The number of rotatable bonds is 6. The van der Waals surface area contributed by atoms with Gasteiger partial charge in [0.15, 0.2) is 0 Å². The number of carbonyl (C=O) groups is 1. The lowest BCUT2D eigenvalue weighted by Crippen LogP contribution is -2.11. The van der Waals surface area contributed by atoms with Crippen molar-refractivity contribution >= 4 is 45.7 Å². The Labute approximate surface area is 158 Å². The highest BCUT2D eigenvalue weighted by Crippen LogP contribution is 2.27. The summed E-state index contributed by atoms with van der Waals surface area (Å²) in [6.45, 7) is 0. The molecule has 3 aromatic rings. The van der Waals surface area contributed by atoms with Gasteiger partial charge in [0.2, 0.25) is 5.13 Å². The number of hydrogen-bond donors (Lipinski definition) is 1. The molecule has 2 aromatic carbocycles. The van der Waals surface area contributed by atoms with Gasteiger partial charge in [-0.3, -0.25) is 10.1 Å². The molecule has 0 aliphatic rings. The molecule has 1 amide bonds. The second-order valence-electron chi connectivity index (χ2n) is 4.93. The smallest absolute Gasteiger partial charge is 0.257 e. The topological polar surface area (TPSA) is 64.1 Å². The minimum Gasteiger partial charge on any atom is -0.497 e. The first-order valence-electron chi connectivity index (χ1n) is 7.30. The van der Waals surface area contributed by atoms with Crippen LogP contribution in [0.4, 0.5) is 5.13 Å². The Hall–Kier alpha value is -2.09. The monoisotopic (exact) mass is 391 g/mol. The van der Waals surface area contributed by atoms with E-state index in [1.165, 1.54) is 11.3 Å². The van der Waals surface area contributed by atoms with Crippen LogP contribution < -0.4 is 10.1 Å². The molecular weight excluding hydrogens is 378 g/mol. The van der Waals surface area contributed by atoms with Gasteiger partial charge in [-0.15, -0.1) is 22.0 Å². The van der Waals surface area contributed by atoms with Crippen molar-refractivity contribution in [1.29, 1.82) is 0 Å². The van der Waals surface area contributed by atoms with Crippen LogP contribution in [0.15, 0.2) is 53.4 Å². The van der Waals surface area contributed by atoms with E-state index in [1.807, 2.05) is 24.3 Å². The fourth-order valence-corrected chi connectivity index (χ4v) is 3.72. The lowest BCUT2D eigenvalue weighted by molar-refractivity contribution is 0.102. The van der Waals surface area contributed by atoms with Crippen molar-refractivity contribution in [2.24, 2.45) is 0 Å². The van der Waals surface area contributed by atoms with Gasteiger partial charge in [0.1, 0.15) is 10.8 Å². The first-order chi connectivity index (χ1) is 12.1. The summed E-state index contributed by atoms with van der Waals surface area (Å²) in [4.78, 5) is 13.4. The molecule has 1 aromatic heterocycles. The molecule has 8 heteroatoms. The number of nitrogens with zero attached hydrogens (tertiary/aromatic N) is 2. The maximum atomic E-state index is 12.3. The van der Waals surface area contributed by atoms with Crippen molar-refractivity contribution < 1.29 is 9.53 Å². The molecule has 0 aliphatic heterocycles. The van der Waals surface area contributed by atoms with Gasteiger partial charge in [0, 0.05) is 15.5 Å². The Balaban J connectivity index is 1.59. The number of nitrogens with one attached hydrogen (secondary N) is 1. The van der Waals surface area contributed by atoms with Crippen LogP contribution in [0, 0.1) is 0 Å². The molecule has 0 spiro atoms. The van der Waals surface area contributed by atoms with Crippen molar-refractivity contribution in [3.63, 3.8) is 0 Å². The Morgan fingerprint density at radius 1 is 1.24 bits per heavy atom. The van der Waals surface area contributed by atoms with E-state index in [-0.39, 0.29) is 5.91 Å². The van der Waals surface area contributed by atoms with Crippen LogP contribution in [0.1, 0.15) is 15.4 Å². The van der Waals surface area contributed by atoms with Gasteiger partial charge in [0.25, 0.3) is 5.91 Å². The van der Waals surface area contributed by atoms with Gasteiger partial charge in [-0.1, -0.05) is 29.0 Å². The van der Waals surface area contributed by atoms with Gasteiger partial charge in [0.05, 0.1) is 12.9 Å². The second-order valence-corrected chi connectivity index (χ2v) is 7.48. The van der Waals surface area contributed by atoms with Crippen LogP contribution in [0.3, 0.4) is 0 Å². The first kappa shape index (κ1) is 17.7. The molecule has 0 saturated carbocycles. The maximum Gasteiger partial charge on any atom is 0.257 e. The largest absolute Gasteiger partial charge is 0.497 e. The number of anilines is 1. The van der Waals surface area contributed by atoms with Crippen molar-refractivity contribution in [3.8, 4) is 5.75 Å². The predicted octanol–water partition coefficient (Wildman–Crippen LogP) is 4.74. The summed E-state index contributed by atoms with van der Waals surface area (Å²) in [7, 11) is 1.56. The lowest BCUT2D eigenvalue weighted by Gasteiger charge is -2.03. The minimum atomic E-state index is -0.244. The van der Waals surface area contributed by atoms with Gasteiger partial charge >= 0.3 is 0 Å². The van der Waals surface area contributed by atoms with E-state index in [1.54, 1.807) is 43.1 Å². The van der Waals surface area contributed by atoms with Crippen LogP contribution in [0.25, 0.3) is 0 Å². The third-order valence-corrected chi connectivity index (χ3v) is 5.49. The fourth-order valence-electron chi connectivity index (χ4n) is 1.97. The Morgan fingerprint density at radius 2 is 2.04 bits per heavy atom. The molecule has 25 heavy (non-hydrogen) atoms. The quantitative estimate of drug-likeness (QED) is 0.614. The van der Waals surface area contributed by atoms with E-state index in [0.717, 1.165) is 9.90 Å². The molecule has 0 bridgehead atoms. The van der Waals surface area contributed by atoms with E-state index < -0.39 is 0 Å². The molecule has 0 radical (unpaired) electrons. The zero-order valence-electron chi connectivity index (χ0n) is 13.2. The van der Waals surface area contributed by atoms with Crippen molar-refractivity contribution in [2.45, 2.75) is 10.6 Å². The third-order valence-electron chi connectivity index (χ3n) is 3.20. The first-order valence-corrected chi connectivity index (χ1v) is 9.48.